The lowest BCUT2D eigenvalue weighted by molar-refractivity contribution is 0.308. The molecule has 2 aromatic rings. The molecule has 0 bridgehead atoms. The Kier molecular flexibility index (Phi) is 4.50. The van der Waals surface area contributed by atoms with E-state index in [9.17, 15) is 0 Å². The van der Waals surface area contributed by atoms with E-state index < -0.39 is 0 Å². The Morgan fingerprint density at radius 1 is 1.00 bits per heavy atom. The van der Waals surface area contributed by atoms with Gasteiger partial charge in [0.25, 0.3) is 0 Å². The lowest BCUT2D eigenvalue weighted by Crippen LogP contribution is -2.08. The Balaban J connectivity index is 2.41. The normalized spacial score (nSPS) is 13.5. The van der Waals surface area contributed by atoms with Crippen molar-refractivity contribution in [2.45, 2.75) is 13.0 Å². The van der Waals surface area contributed by atoms with Crippen molar-refractivity contribution < 1.29 is 4.43 Å². The van der Waals surface area contributed by atoms with Crippen LogP contribution >= 0.6 is 0 Å². The van der Waals surface area contributed by atoms with Crippen molar-refractivity contribution in [1.82, 2.24) is 0 Å². The highest BCUT2D eigenvalue weighted by atomic mass is 28.2. The molecular formula is C16H18OSi. The summed E-state index contributed by atoms with van der Waals surface area (Å²) >= 11 is 0. The molecule has 0 aliphatic carbocycles. The quantitative estimate of drug-likeness (QED) is 0.602. The van der Waals surface area contributed by atoms with Crippen molar-refractivity contribution in [2.75, 3.05) is 0 Å². The van der Waals surface area contributed by atoms with Crippen LogP contribution in [0, 0.1) is 0 Å². The maximum atomic E-state index is 5.61. The molecule has 92 valence electrons. The van der Waals surface area contributed by atoms with Gasteiger partial charge in [-0.05, 0) is 29.7 Å². The highest BCUT2D eigenvalue weighted by Gasteiger charge is 2.09. The van der Waals surface area contributed by atoms with E-state index >= 15 is 0 Å². The van der Waals surface area contributed by atoms with Gasteiger partial charge in [0, 0.05) is 0 Å². The van der Waals surface area contributed by atoms with Gasteiger partial charge in [-0.3, -0.25) is 0 Å². The van der Waals surface area contributed by atoms with E-state index in [-0.39, 0.29) is 6.10 Å². The summed E-state index contributed by atoms with van der Waals surface area (Å²) in [5.74, 6) is 0. The van der Waals surface area contributed by atoms with Gasteiger partial charge in [0.15, 0.2) is 0 Å². The minimum absolute atomic E-state index is 0.138. The summed E-state index contributed by atoms with van der Waals surface area (Å²) in [6.07, 6.45) is 2.34. The van der Waals surface area contributed by atoms with E-state index in [1.54, 1.807) is 0 Å². The van der Waals surface area contributed by atoms with Crippen LogP contribution in [0.4, 0.5) is 0 Å². The largest absolute Gasteiger partial charge is 0.421 e. The molecule has 2 heteroatoms. The fourth-order valence-electron chi connectivity index (χ4n) is 1.92. The average Bonchev–Trinajstić information content (AvgIpc) is 2.46. The number of rotatable bonds is 4. The second kappa shape index (κ2) is 6.33. The van der Waals surface area contributed by atoms with E-state index in [1.165, 1.54) is 16.7 Å². The van der Waals surface area contributed by atoms with Crippen LogP contribution in [0.3, 0.4) is 0 Å². The molecule has 0 fully saturated rings. The zero-order valence-electron chi connectivity index (χ0n) is 10.8. The van der Waals surface area contributed by atoms with Gasteiger partial charge in [0.05, 0.1) is 6.10 Å². The Bertz CT molecular complexity index is 505. The van der Waals surface area contributed by atoms with Crippen LogP contribution in [0.1, 0.15) is 18.1 Å². The second-order valence-electron chi connectivity index (χ2n) is 4.25. The first-order valence-corrected chi connectivity index (χ1v) is 6.98. The van der Waals surface area contributed by atoms with E-state index in [2.05, 4.69) is 61.5 Å². The van der Waals surface area contributed by atoms with Crippen LogP contribution in [-0.2, 0) is 4.43 Å². The smallest absolute Gasteiger partial charge is 0.146 e. The molecule has 0 amide bonds. The molecule has 0 saturated heterocycles. The SMILES string of the molecule is CC(O[SiH3])C(=Cc1ccccc1)c1ccccc1. The molecule has 0 aromatic heterocycles. The summed E-state index contributed by atoms with van der Waals surface area (Å²) in [5, 5.41) is 0. The van der Waals surface area contributed by atoms with Gasteiger partial charge < -0.3 is 4.43 Å². The molecule has 0 saturated carbocycles. The zero-order valence-corrected chi connectivity index (χ0v) is 12.8. The topological polar surface area (TPSA) is 9.23 Å². The summed E-state index contributed by atoms with van der Waals surface area (Å²) in [7, 11) is 0.748. The maximum absolute atomic E-state index is 5.61. The van der Waals surface area contributed by atoms with E-state index in [0.29, 0.717) is 0 Å². The predicted molar refractivity (Wildman–Crippen MR) is 81.2 cm³/mol. The molecule has 0 N–H and O–H groups in total. The Morgan fingerprint density at radius 3 is 2.11 bits per heavy atom. The standard InChI is InChI=1S/C16H18OSi/c1-13(17-18)16(15-10-6-3-7-11-15)12-14-8-4-2-5-9-14/h2-13H,1,18H3. The second-order valence-corrected chi connectivity index (χ2v) is 4.73. The van der Waals surface area contributed by atoms with Crippen LogP contribution in [0.2, 0.25) is 0 Å². The van der Waals surface area contributed by atoms with Crippen molar-refractivity contribution >= 4 is 22.1 Å². The Labute approximate surface area is 112 Å². The Morgan fingerprint density at radius 2 is 1.56 bits per heavy atom. The molecule has 1 atom stereocenters. The maximum Gasteiger partial charge on any atom is 0.146 e. The van der Waals surface area contributed by atoms with Crippen LogP contribution in [0.15, 0.2) is 60.7 Å². The van der Waals surface area contributed by atoms with Gasteiger partial charge in [-0.1, -0.05) is 60.7 Å². The van der Waals surface area contributed by atoms with Gasteiger partial charge in [-0.2, -0.15) is 0 Å². The molecule has 18 heavy (non-hydrogen) atoms. The summed E-state index contributed by atoms with van der Waals surface area (Å²) in [5.41, 5.74) is 3.67. The van der Waals surface area contributed by atoms with E-state index in [0.717, 1.165) is 10.5 Å². The van der Waals surface area contributed by atoms with Gasteiger partial charge in [0.2, 0.25) is 0 Å². The highest BCUT2D eigenvalue weighted by molar-refractivity contribution is 5.99. The molecule has 0 aliphatic rings. The van der Waals surface area contributed by atoms with Crippen LogP contribution in [0.5, 0.6) is 0 Å². The summed E-state index contributed by atoms with van der Waals surface area (Å²) in [6.45, 7) is 2.11. The first-order chi connectivity index (χ1) is 8.81. The molecular weight excluding hydrogens is 236 g/mol. The monoisotopic (exact) mass is 254 g/mol. The third-order valence-electron chi connectivity index (χ3n) is 3.02. The minimum Gasteiger partial charge on any atom is -0.421 e. The summed E-state index contributed by atoms with van der Waals surface area (Å²) in [6, 6.07) is 20.8. The van der Waals surface area contributed by atoms with Gasteiger partial charge in [0.1, 0.15) is 10.5 Å². The van der Waals surface area contributed by atoms with Crippen molar-refractivity contribution in [1.29, 1.82) is 0 Å². The molecule has 1 unspecified atom stereocenters. The lowest BCUT2D eigenvalue weighted by atomic mass is 9.99. The van der Waals surface area contributed by atoms with Crippen LogP contribution in [0.25, 0.3) is 11.6 Å². The van der Waals surface area contributed by atoms with Gasteiger partial charge in [-0.25, -0.2) is 0 Å². The van der Waals surface area contributed by atoms with Crippen molar-refractivity contribution in [3.05, 3.63) is 71.8 Å². The molecule has 1 nitrogen and oxygen atoms in total. The average molecular weight is 254 g/mol. The van der Waals surface area contributed by atoms with Gasteiger partial charge in [-0.15, -0.1) is 0 Å². The number of hydrogen-bond acceptors (Lipinski definition) is 1. The third kappa shape index (κ3) is 3.19. The van der Waals surface area contributed by atoms with E-state index in [1.807, 2.05) is 12.1 Å². The molecule has 0 aliphatic heterocycles. The molecule has 0 radical (unpaired) electrons. The van der Waals surface area contributed by atoms with Crippen molar-refractivity contribution in [3.63, 3.8) is 0 Å². The summed E-state index contributed by atoms with van der Waals surface area (Å²) in [4.78, 5) is 0. The van der Waals surface area contributed by atoms with Crippen molar-refractivity contribution in [2.24, 2.45) is 0 Å². The molecule has 0 spiro atoms. The summed E-state index contributed by atoms with van der Waals surface area (Å²) < 4.78 is 5.61. The number of hydrogen-bond donors (Lipinski definition) is 0. The minimum atomic E-state index is 0.138. The van der Waals surface area contributed by atoms with Gasteiger partial charge >= 0.3 is 0 Å². The highest BCUT2D eigenvalue weighted by Crippen LogP contribution is 2.23. The predicted octanol–water partition coefficient (Wildman–Crippen LogP) is 2.91. The first-order valence-electron chi connectivity index (χ1n) is 6.16. The van der Waals surface area contributed by atoms with Crippen molar-refractivity contribution in [3.8, 4) is 0 Å². The molecule has 0 heterocycles. The molecule has 2 aromatic carbocycles. The van der Waals surface area contributed by atoms with Crippen LogP contribution < -0.4 is 0 Å². The lowest BCUT2D eigenvalue weighted by Gasteiger charge is -2.15. The first kappa shape index (κ1) is 12.8. The number of benzene rings is 2. The Hall–Kier alpha value is -1.64. The fourth-order valence-corrected chi connectivity index (χ4v) is 2.18. The van der Waals surface area contributed by atoms with E-state index in [4.69, 9.17) is 4.43 Å². The molecule has 2 rings (SSSR count). The van der Waals surface area contributed by atoms with Crippen LogP contribution in [-0.4, -0.2) is 16.6 Å². The zero-order chi connectivity index (χ0) is 12.8. The third-order valence-corrected chi connectivity index (χ3v) is 3.73. The fraction of sp³-hybridized carbons (Fsp3) is 0.125.